The van der Waals surface area contributed by atoms with E-state index in [9.17, 15) is 43.9 Å². The summed E-state index contributed by atoms with van der Waals surface area (Å²) in [6.45, 7) is -0.683. The third-order valence-corrected chi connectivity index (χ3v) is 5.93. The maximum absolute atomic E-state index is 13.4. The van der Waals surface area contributed by atoms with Gasteiger partial charge in [0.25, 0.3) is 10.0 Å². The number of hydrogen-bond donors (Lipinski definition) is 1. The molecule has 2 aromatic rings. The van der Waals surface area contributed by atoms with Crippen molar-refractivity contribution in [2.24, 2.45) is 0 Å². The number of nitrogens with zero attached hydrogens (tertiary/aromatic N) is 1. The summed E-state index contributed by atoms with van der Waals surface area (Å²) in [5.41, 5.74) is -1.53. The number of sulfonamides is 1. The fourth-order valence-electron chi connectivity index (χ4n) is 3.07. The van der Waals surface area contributed by atoms with Crippen LogP contribution >= 0.6 is 0 Å². The van der Waals surface area contributed by atoms with Gasteiger partial charge in [-0.2, -0.15) is 26.3 Å². The molecule has 0 saturated carbocycles. The van der Waals surface area contributed by atoms with Crippen LogP contribution in [0, 0.1) is 5.82 Å². The number of rotatable bonds is 3. The molecule has 0 aromatic heterocycles. The lowest BCUT2D eigenvalue weighted by molar-refractivity contribution is -0.186. The molecule has 1 amide bonds. The molecule has 0 fully saturated rings. The molecule has 31 heavy (non-hydrogen) atoms. The Morgan fingerprint density at radius 2 is 1.65 bits per heavy atom. The predicted octanol–water partition coefficient (Wildman–Crippen LogP) is 4.09. The molecule has 3 rings (SSSR count). The highest BCUT2D eigenvalue weighted by molar-refractivity contribution is 7.92. The Morgan fingerprint density at radius 3 is 2.26 bits per heavy atom. The van der Waals surface area contributed by atoms with Crippen LogP contribution in [0.4, 0.5) is 36.4 Å². The van der Waals surface area contributed by atoms with Crippen LogP contribution in [0.5, 0.6) is 0 Å². The number of hydrogen-bond acceptors (Lipinski definition) is 3. The minimum Gasteiger partial charge on any atom is -0.330 e. The number of carbonyl (C=O) groups excluding carboxylic acids is 1. The highest BCUT2D eigenvalue weighted by atomic mass is 32.2. The Labute approximate surface area is 171 Å². The van der Waals surface area contributed by atoms with Gasteiger partial charge in [-0.15, -0.1) is 0 Å². The second-order valence-electron chi connectivity index (χ2n) is 6.70. The van der Waals surface area contributed by atoms with Crippen molar-refractivity contribution in [2.45, 2.75) is 30.2 Å². The van der Waals surface area contributed by atoms with E-state index in [4.69, 9.17) is 0 Å². The molecule has 0 unspecified atom stereocenters. The summed E-state index contributed by atoms with van der Waals surface area (Å²) in [6, 6.07) is 5.07. The lowest BCUT2D eigenvalue weighted by atomic mass is 10.00. The zero-order valence-corrected chi connectivity index (χ0v) is 16.1. The average Bonchev–Trinajstić information content (AvgIpc) is 2.66. The van der Waals surface area contributed by atoms with Crippen molar-refractivity contribution < 1.29 is 43.9 Å². The fourth-order valence-corrected chi connectivity index (χ4v) is 4.17. The van der Waals surface area contributed by atoms with Crippen LogP contribution in [-0.4, -0.2) is 31.9 Å². The Morgan fingerprint density at radius 1 is 0.968 bits per heavy atom. The Balaban J connectivity index is 1.88. The lowest BCUT2D eigenvalue weighted by Gasteiger charge is -2.29. The van der Waals surface area contributed by atoms with Gasteiger partial charge >= 0.3 is 18.3 Å². The first-order valence-electron chi connectivity index (χ1n) is 8.56. The van der Waals surface area contributed by atoms with Gasteiger partial charge in [0, 0.05) is 18.8 Å². The van der Waals surface area contributed by atoms with Crippen molar-refractivity contribution in [2.75, 3.05) is 11.3 Å². The fraction of sp³-hybridized carbons (Fsp3) is 0.278. The van der Waals surface area contributed by atoms with Crippen LogP contribution in [0.25, 0.3) is 0 Å². The molecule has 1 aliphatic rings. The summed E-state index contributed by atoms with van der Waals surface area (Å²) in [4.78, 5) is 11.5. The van der Waals surface area contributed by atoms with Crippen molar-refractivity contribution in [3.8, 4) is 0 Å². The van der Waals surface area contributed by atoms with Crippen molar-refractivity contribution in [3.63, 3.8) is 0 Å². The van der Waals surface area contributed by atoms with Gasteiger partial charge < -0.3 is 4.90 Å². The van der Waals surface area contributed by atoms with Crippen LogP contribution in [0.15, 0.2) is 41.3 Å². The maximum Gasteiger partial charge on any atom is 0.471 e. The first kappa shape index (κ1) is 22.8. The molecule has 0 spiro atoms. The quantitative estimate of drug-likeness (QED) is 0.688. The molecule has 13 heteroatoms. The molecule has 1 aliphatic heterocycles. The summed E-state index contributed by atoms with van der Waals surface area (Å²) >= 11 is 0. The van der Waals surface area contributed by atoms with Crippen LogP contribution in [0.3, 0.4) is 0 Å². The van der Waals surface area contributed by atoms with E-state index in [2.05, 4.69) is 0 Å². The van der Waals surface area contributed by atoms with Gasteiger partial charge in [0.05, 0.1) is 10.5 Å². The highest BCUT2D eigenvalue weighted by Crippen LogP contribution is 2.34. The Hall–Kier alpha value is -2.83. The number of nitrogens with one attached hydrogen (secondary N) is 1. The maximum atomic E-state index is 13.4. The molecule has 0 saturated heterocycles. The largest absolute Gasteiger partial charge is 0.471 e. The molecule has 2 aromatic carbocycles. The number of alkyl halides is 6. The van der Waals surface area contributed by atoms with Crippen LogP contribution < -0.4 is 4.72 Å². The molecule has 5 nitrogen and oxygen atoms in total. The summed E-state index contributed by atoms with van der Waals surface area (Å²) in [6.07, 6.45) is -10.1. The van der Waals surface area contributed by atoms with Gasteiger partial charge in [0.2, 0.25) is 0 Å². The Kier molecular flexibility index (Phi) is 5.67. The third-order valence-electron chi connectivity index (χ3n) is 4.55. The molecule has 1 N–H and O–H groups in total. The number of anilines is 1. The van der Waals surface area contributed by atoms with Crippen molar-refractivity contribution in [1.29, 1.82) is 0 Å². The molecule has 0 atom stereocenters. The molecule has 1 heterocycles. The van der Waals surface area contributed by atoms with Gasteiger partial charge in [-0.1, -0.05) is 6.07 Å². The van der Waals surface area contributed by atoms with Crippen molar-refractivity contribution >= 4 is 21.6 Å². The lowest BCUT2D eigenvalue weighted by Crippen LogP contribution is -2.43. The van der Waals surface area contributed by atoms with E-state index >= 15 is 0 Å². The topological polar surface area (TPSA) is 66.5 Å². The smallest absolute Gasteiger partial charge is 0.330 e. The van der Waals surface area contributed by atoms with Gasteiger partial charge in [-0.25, -0.2) is 12.8 Å². The van der Waals surface area contributed by atoms with Crippen molar-refractivity contribution in [3.05, 3.63) is 58.9 Å². The average molecular weight is 470 g/mol. The number of fused-ring (bicyclic) bond motifs is 1. The monoisotopic (exact) mass is 470 g/mol. The molecule has 0 aliphatic carbocycles. The standard InChI is InChI=1S/C18H13F7N2O3S/c19-15-4-2-12(8-14(15)17(20,21)22)26-31(29,30)13-3-1-10-5-6-27(9-11(10)7-13)16(28)18(23,24)25/h1-4,7-8,26H,5-6,9H2. The predicted molar refractivity (Wildman–Crippen MR) is 93.8 cm³/mol. The van der Waals surface area contributed by atoms with Crippen molar-refractivity contribution in [1.82, 2.24) is 4.90 Å². The zero-order valence-electron chi connectivity index (χ0n) is 15.3. The number of carbonyl (C=O) groups is 1. The second-order valence-corrected chi connectivity index (χ2v) is 8.39. The van der Waals surface area contributed by atoms with Crippen LogP contribution in [-0.2, 0) is 34.0 Å². The van der Waals surface area contributed by atoms with E-state index in [1.54, 1.807) is 0 Å². The van der Waals surface area contributed by atoms with E-state index in [-0.39, 0.29) is 24.6 Å². The van der Waals surface area contributed by atoms with Gasteiger partial charge in [0.15, 0.2) is 0 Å². The number of benzene rings is 2. The van der Waals surface area contributed by atoms with Gasteiger partial charge in [-0.3, -0.25) is 9.52 Å². The molecule has 0 bridgehead atoms. The van der Waals surface area contributed by atoms with E-state index in [1.165, 1.54) is 6.07 Å². The Bertz CT molecular complexity index is 1130. The zero-order chi connectivity index (χ0) is 23.2. The van der Waals surface area contributed by atoms with E-state index in [0.717, 1.165) is 18.2 Å². The molecule has 0 radical (unpaired) electrons. The molecular weight excluding hydrogens is 457 g/mol. The third kappa shape index (κ3) is 4.92. The normalized spacial score (nSPS) is 14.9. The van der Waals surface area contributed by atoms with E-state index < -0.39 is 56.8 Å². The summed E-state index contributed by atoms with van der Waals surface area (Å²) in [5.74, 6) is -3.64. The SMILES string of the molecule is O=C(N1CCc2ccc(S(=O)(=O)Nc3ccc(F)c(C(F)(F)F)c3)cc2C1)C(F)(F)F. The van der Waals surface area contributed by atoms with E-state index in [1.807, 2.05) is 4.72 Å². The van der Waals surface area contributed by atoms with Crippen LogP contribution in [0.2, 0.25) is 0 Å². The summed E-state index contributed by atoms with van der Waals surface area (Å²) in [7, 11) is -4.45. The number of amides is 1. The first-order valence-corrected chi connectivity index (χ1v) is 10.0. The number of halogens is 7. The highest BCUT2D eigenvalue weighted by Gasteiger charge is 2.43. The van der Waals surface area contributed by atoms with Crippen LogP contribution in [0.1, 0.15) is 16.7 Å². The van der Waals surface area contributed by atoms with E-state index in [0.29, 0.717) is 16.5 Å². The minimum absolute atomic E-state index is 0.0673. The first-order chi connectivity index (χ1) is 14.2. The second kappa shape index (κ2) is 7.70. The van der Waals surface area contributed by atoms with Gasteiger partial charge in [0.1, 0.15) is 5.82 Å². The minimum atomic E-state index is -5.08. The summed E-state index contributed by atoms with van der Waals surface area (Å²) in [5, 5.41) is 0. The molecular formula is C18H13F7N2O3S. The summed E-state index contributed by atoms with van der Waals surface area (Å²) < 4.78 is 117. The molecule has 168 valence electrons. The van der Waals surface area contributed by atoms with Gasteiger partial charge in [-0.05, 0) is 47.9 Å².